The first-order valence-corrected chi connectivity index (χ1v) is 12.6. The second-order valence-corrected chi connectivity index (χ2v) is 10.9. The molecule has 6 nitrogen and oxygen atoms in total. The van der Waals surface area contributed by atoms with Gasteiger partial charge >= 0.3 is 0 Å². The highest BCUT2D eigenvalue weighted by atomic mass is 16.5. The molecule has 1 aliphatic carbocycles. The summed E-state index contributed by atoms with van der Waals surface area (Å²) in [6, 6.07) is 4.07. The van der Waals surface area contributed by atoms with Gasteiger partial charge in [0, 0.05) is 37.4 Å². The Morgan fingerprint density at radius 3 is 2.36 bits per heavy atom. The molecule has 2 saturated heterocycles. The molecule has 6 heteroatoms. The highest BCUT2D eigenvalue weighted by Gasteiger charge is 2.29. The minimum absolute atomic E-state index is 0.0364. The monoisotopic (exact) mass is 453 g/mol. The highest BCUT2D eigenvalue weighted by molar-refractivity contribution is 5.85. The average molecular weight is 454 g/mol. The molecule has 180 valence electrons. The first-order chi connectivity index (χ1) is 15.8. The normalized spacial score (nSPS) is 23.4. The standard InChI is InChI=1S/C27H39N3O3/c1-27(2,3)30-16-10-20(11-17-30)19-33-24-8-9-25(28-18-24)21-4-6-22(7-5-21)26(32)29-14-12-23(31)13-15-29/h4,8-9,18,20,22H,5-7,10-17,19H2,1-3H3. The van der Waals surface area contributed by atoms with Crippen molar-refractivity contribution in [1.29, 1.82) is 0 Å². The summed E-state index contributed by atoms with van der Waals surface area (Å²) in [4.78, 5) is 33.3. The zero-order valence-corrected chi connectivity index (χ0v) is 20.5. The lowest BCUT2D eigenvalue weighted by Crippen LogP contribution is -2.46. The van der Waals surface area contributed by atoms with Crippen LogP contribution < -0.4 is 4.74 Å². The van der Waals surface area contributed by atoms with Gasteiger partial charge in [-0.25, -0.2) is 0 Å². The highest BCUT2D eigenvalue weighted by Crippen LogP contribution is 2.31. The van der Waals surface area contributed by atoms with Crippen molar-refractivity contribution in [3.63, 3.8) is 0 Å². The van der Waals surface area contributed by atoms with Crippen molar-refractivity contribution in [1.82, 2.24) is 14.8 Å². The number of aromatic nitrogens is 1. The van der Waals surface area contributed by atoms with Gasteiger partial charge in [-0.1, -0.05) is 6.08 Å². The molecule has 0 spiro atoms. The van der Waals surface area contributed by atoms with Crippen LogP contribution in [0.2, 0.25) is 0 Å². The van der Waals surface area contributed by atoms with Gasteiger partial charge in [-0.2, -0.15) is 0 Å². The van der Waals surface area contributed by atoms with Gasteiger partial charge in [-0.3, -0.25) is 19.5 Å². The van der Waals surface area contributed by atoms with Gasteiger partial charge in [0.1, 0.15) is 11.5 Å². The quantitative estimate of drug-likeness (QED) is 0.663. The van der Waals surface area contributed by atoms with Crippen molar-refractivity contribution >= 4 is 17.3 Å². The number of hydrogen-bond acceptors (Lipinski definition) is 5. The second-order valence-electron chi connectivity index (χ2n) is 10.9. The molecule has 1 aromatic rings. The molecule has 0 saturated carbocycles. The van der Waals surface area contributed by atoms with Crippen molar-refractivity contribution in [3.05, 3.63) is 30.1 Å². The fourth-order valence-electron chi connectivity index (χ4n) is 5.17. The molecule has 1 atom stereocenters. The van der Waals surface area contributed by atoms with Gasteiger partial charge in [0.15, 0.2) is 0 Å². The molecular formula is C27H39N3O3. The van der Waals surface area contributed by atoms with Crippen LogP contribution in [0.5, 0.6) is 5.75 Å². The van der Waals surface area contributed by atoms with E-state index in [1.54, 1.807) is 0 Å². The van der Waals surface area contributed by atoms with Gasteiger partial charge in [-0.15, -0.1) is 0 Å². The minimum atomic E-state index is 0.0364. The molecule has 4 rings (SSSR count). The third-order valence-electron chi connectivity index (χ3n) is 7.51. The van der Waals surface area contributed by atoms with E-state index in [1.165, 1.54) is 18.4 Å². The molecule has 1 amide bonds. The maximum absolute atomic E-state index is 12.8. The van der Waals surface area contributed by atoms with E-state index in [9.17, 15) is 9.59 Å². The Balaban J connectivity index is 1.23. The number of allylic oxidation sites excluding steroid dienone is 2. The van der Waals surface area contributed by atoms with Crippen molar-refractivity contribution in [2.75, 3.05) is 32.8 Å². The molecular weight excluding hydrogens is 414 g/mol. The summed E-state index contributed by atoms with van der Waals surface area (Å²) in [5.41, 5.74) is 2.45. The van der Waals surface area contributed by atoms with Crippen LogP contribution in [0.25, 0.3) is 5.57 Å². The number of amides is 1. The van der Waals surface area contributed by atoms with E-state index in [0.29, 0.717) is 31.8 Å². The van der Waals surface area contributed by atoms with Crippen LogP contribution in [0.15, 0.2) is 24.4 Å². The fourth-order valence-corrected chi connectivity index (χ4v) is 5.17. The van der Waals surface area contributed by atoms with Crippen LogP contribution in [0.4, 0.5) is 0 Å². The van der Waals surface area contributed by atoms with E-state index in [4.69, 9.17) is 4.74 Å². The van der Waals surface area contributed by atoms with Crippen molar-refractivity contribution in [3.8, 4) is 5.75 Å². The number of pyridine rings is 1. The molecule has 1 unspecified atom stereocenters. The van der Waals surface area contributed by atoms with Gasteiger partial charge in [0.25, 0.3) is 0 Å². The Hall–Kier alpha value is -2.21. The molecule has 33 heavy (non-hydrogen) atoms. The maximum atomic E-state index is 12.8. The summed E-state index contributed by atoms with van der Waals surface area (Å²) >= 11 is 0. The number of nitrogens with zero attached hydrogens (tertiary/aromatic N) is 3. The third-order valence-corrected chi connectivity index (χ3v) is 7.51. The predicted octanol–water partition coefficient (Wildman–Crippen LogP) is 4.35. The predicted molar refractivity (Wildman–Crippen MR) is 130 cm³/mol. The number of ketones is 1. The summed E-state index contributed by atoms with van der Waals surface area (Å²) in [6.45, 7) is 11.1. The Kier molecular flexibility index (Phi) is 7.52. The molecule has 3 aliphatic rings. The van der Waals surface area contributed by atoms with Crippen molar-refractivity contribution in [2.24, 2.45) is 11.8 Å². The molecule has 0 N–H and O–H groups in total. The second kappa shape index (κ2) is 10.4. The zero-order chi connectivity index (χ0) is 23.4. The number of piperidine rings is 2. The topological polar surface area (TPSA) is 62.7 Å². The lowest BCUT2D eigenvalue weighted by molar-refractivity contribution is -0.138. The molecule has 0 radical (unpaired) electrons. The SMILES string of the molecule is CC(C)(C)N1CCC(COc2ccc(C3=CCC(C(=O)N4CCC(=O)CC4)CC3)nc2)CC1. The summed E-state index contributed by atoms with van der Waals surface area (Å²) in [5.74, 6) is 1.96. The van der Waals surface area contributed by atoms with Crippen LogP contribution in [-0.2, 0) is 9.59 Å². The number of rotatable bonds is 5. The molecule has 0 aromatic carbocycles. The van der Waals surface area contributed by atoms with E-state index >= 15 is 0 Å². The lowest BCUT2D eigenvalue weighted by atomic mass is 9.87. The Bertz CT molecular complexity index is 854. The lowest BCUT2D eigenvalue weighted by Gasteiger charge is -2.40. The van der Waals surface area contributed by atoms with Crippen LogP contribution >= 0.6 is 0 Å². The summed E-state index contributed by atoms with van der Waals surface area (Å²) in [5, 5.41) is 0. The molecule has 0 bridgehead atoms. The largest absolute Gasteiger partial charge is 0.492 e. The van der Waals surface area contributed by atoms with E-state index in [-0.39, 0.29) is 23.1 Å². The van der Waals surface area contributed by atoms with E-state index < -0.39 is 0 Å². The number of likely N-dealkylation sites (tertiary alicyclic amines) is 2. The number of Topliss-reactive ketones (excluding diaryl/α,β-unsaturated/α-hetero) is 1. The maximum Gasteiger partial charge on any atom is 0.226 e. The minimum Gasteiger partial charge on any atom is -0.492 e. The van der Waals surface area contributed by atoms with Crippen LogP contribution in [-0.4, -0.2) is 64.8 Å². The van der Waals surface area contributed by atoms with E-state index in [2.05, 4.69) is 36.7 Å². The van der Waals surface area contributed by atoms with Crippen LogP contribution in [0.1, 0.15) is 71.4 Å². The van der Waals surface area contributed by atoms with E-state index in [0.717, 1.165) is 50.4 Å². The van der Waals surface area contributed by atoms with Gasteiger partial charge < -0.3 is 9.64 Å². The smallest absolute Gasteiger partial charge is 0.226 e. The van der Waals surface area contributed by atoms with Crippen LogP contribution in [0, 0.1) is 11.8 Å². The number of carbonyl (C=O) groups excluding carboxylic acids is 2. The first-order valence-electron chi connectivity index (χ1n) is 12.6. The fraction of sp³-hybridized carbons (Fsp3) is 0.667. The summed E-state index contributed by atoms with van der Waals surface area (Å²) < 4.78 is 6.06. The molecule has 3 heterocycles. The zero-order valence-electron chi connectivity index (χ0n) is 20.5. The van der Waals surface area contributed by atoms with Crippen molar-refractivity contribution < 1.29 is 14.3 Å². The van der Waals surface area contributed by atoms with Crippen LogP contribution in [0.3, 0.4) is 0 Å². The van der Waals surface area contributed by atoms with Crippen molar-refractivity contribution in [2.45, 2.75) is 71.3 Å². The Morgan fingerprint density at radius 2 is 1.79 bits per heavy atom. The van der Waals surface area contributed by atoms with Gasteiger partial charge in [-0.05, 0) is 89.6 Å². The number of carbonyl (C=O) groups is 2. The van der Waals surface area contributed by atoms with E-state index in [1.807, 2.05) is 23.2 Å². The molecule has 2 aliphatic heterocycles. The number of ether oxygens (including phenoxy) is 1. The van der Waals surface area contributed by atoms with Gasteiger partial charge in [0.05, 0.1) is 18.5 Å². The number of hydrogen-bond donors (Lipinski definition) is 0. The Labute approximate surface area is 198 Å². The summed E-state index contributed by atoms with van der Waals surface area (Å²) in [7, 11) is 0. The summed E-state index contributed by atoms with van der Waals surface area (Å²) in [6.07, 6.45) is 9.86. The third kappa shape index (κ3) is 6.23. The first kappa shape index (κ1) is 23.9. The molecule has 1 aromatic heterocycles. The van der Waals surface area contributed by atoms with Gasteiger partial charge in [0.2, 0.25) is 5.91 Å². The Morgan fingerprint density at radius 1 is 1.06 bits per heavy atom. The average Bonchev–Trinajstić information content (AvgIpc) is 2.83. The molecule has 2 fully saturated rings.